The zero-order chi connectivity index (χ0) is 15.0. The lowest BCUT2D eigenvalue weighted by Crippen LogP contribution is -2.42. The Morgan fingerprint density at radius 2 is 2.19 bits per heavy atom. The van der Waals surface area contributed by atoms with Crippen LogP contribution in [0.25, 0.3) is 11.5 Å². The molecule has 1 heterocycles. The van der Waals surface area contributed by atoms with Gasteiger partial charge in [-0.25, -0.2) is 0 Å². The molecule has 1 fully saturated rings. The Kier molecular flexibility index (Phi) is 3.88. The van der Waals surface area contributed by atoms with Crippen molar-refractivity contribution in [3.8, 4) is 11.5 Å². The van der Waals surface area contributed by atoms with E-state index < -0.39 is 5.54 Å². The van der Waals surface area contributed by atoms with Crippen LogP contribution in [0.1, 0.15) is 44.0 Å². The van der Waals surface area contributed by atoms with E-state index in [4.69, 9.17) is 10.3 Å². The molecule has 112 valence electrons. The molecule has 0 radical (unpaired) electrons. The summed E-state index contributed by atoms with van der Waals surface area (Å²) in [4.78, 5) is 4.57. The Morgan fingerprint density at radius 1 is 1.38 bits per heavy atom. The number of nitrogens with zero attached hydrogens (tertiary/aromatic N) is 2. The number of halogens is 1. The second-order valence-corrected chi connectivity index (χ2v) is 7.21. The molecule has 21 heavy (non-hydrogen) atoms. The highest BCUT2D eigenvalue weighted by Gasteiger charge is 2.37. The van der Waals surface area contributed by atoms with Gasteiger partial charge in [0.1, 0.15) is 0 Å². The summed E-state index contributed by atoms with van der Waals surface area (Å²) in [5.41, 5.74) is 8.15. The molecule has 2 N–H and O–H groups in total. The number of hydrogen-bond acceptors (Lipinski definition) is 4. The van der Waals surface area contributed by atoms with Crippen molar-refractivity contribution in [1.82, 2.24) is 10.1 Å². The molecule has 0 amide bonds. The predicted molar refractivity (Wildman–Crippen MR) is 85.7 cm³/mol. The second kappa shape index (κ2) is 5.54. The van der Waals surface area contributed by atoms with Gasteiger partial charge in [0.2, 0.25) is 0 Å². The van der Waals surface area contributed by atoms with Crippen LogP contribution in [0, 0.1) is 12.8 Å². The van der Waals surface area contributed by atoms with Crippen LogP contribution in [0.5, 0.6) is 0 Å². The number of nitrogens with two attached hydrogens (primary N) is 1. The lowest BCUT2D eigenvalue weighted by atomic mass is 9.76. The van der Waals surface area contributed by atoms with Crippen molar-refractivity contribution in [2.24, 2.45) is 11.7 Å². The highest BCUT2D eigenvalue weighted by Crippen LogP contribution is 2.37. The maximum Gasteiger partial charge on any atom is 0.258 e. The first-order valence-corrected chi connectivity index (χ1v) is 8.16. The SMILES string of the molecule is Cc1cc(Br)cc(-c2nc(C3(N)CCCC(C)C3)no2)c1. The molecular weight excluding hydrogens is 330 g/mol. The minimum atomic E-state index is -0.444. The molecule has 2 atom stereocenters. The Labute approximate surface area is 133 Å². The van der Waals surface area contributed by atoms with Crippen LogP contribution in [-0.4, -0.2) is 10.1 Å². The van der Waals surface area contributed by atoms with E-state index in [1.54, 1.807) is 0 Å². The van der Waals surface area contributed by atoms with Gasteiger partial charge in [0.25, 0.3) is 5.89 Å². The summed E-state index contributed by atoms with van der Waals surface area (Å²) >= 11 is 3.50. The van der Waals surface area contributed by atoms with Gasteiger partial charge < -0.3 is 10.3 Å². The molecule has 3 rings (SSSR count). The van der Waals surface area contributed by atoms with Gasteiger partial charge in [0.05, 0.1) is 5.54 Å². The molecule has 2 aromatic rings. The lowest BCUT2D eigenvalue weighted by molar-refractivity contribution is 0.222. The van der Waals surface area contributed by atoms with Crippen LogP contribution >= 0.6 is 15.9 Å². The van der Waals surface area contributed by atoms with Gasteiger partial charge in [-0.05, 0) is 49.4 Å². The van der Waals surface area contributed by atoms with Gasteiger partial charge in [0, 0.05) is 10.0 Å². The van der Waals surface area contributed by atoms with Gasteiger partial charge >= 0.3 is 0 Å². The second-order valence-electron chi connectivity index (χ2n) is 6.30. The number of rotatable bonds is 2. The zero-order valence-corrected chi connectivity index (χ0v) is 14.0. The number of benzene rings is 1. The maximum atomic E-state index is 6.53. The van der Waals surface area contributed by atoms with E-state index in [1.165, 1.54) is 6.42 Å². The Morgan fingerprint density at radius 3 is 2.90 bits per heavy atom. The summed E-state index contributed by atoms with van der Waals surface area (Å²) in [5, 5.41) is 4.16. The quantitative estimate of drug-likeness (QED) is 0.883. The molecule has 1 aliphatic carbocycles. The fourth-order valence-corrected chi connectivity index (χ4v) is 3.81. The molecule has 0 aliphatic heterocycles. The van der Waals surface area contributed by atoms with Crippen molar-refractivity contribution in [3.05, 3.63) is 34.1 Å². The first-order valence-electron chi connectivity index (χ1n) is 7.37. The van der Waals surface area contributed by atoms with Crippen LogP contribution in [0.2, 0.25) is 0 Å². The van der Waals surface area contributed by atoms with E-state index in [-0.39, 0.29) is 0 Å². The summed E-state index contributed by atoms with van der Waals surface area (Å²) in [7, 11) is 0. The fourth-order valence-electron chi connectivity index (χ4n) is 3.20. The van der Waals surface area contributed by atoms with Crippen LogP contribution < -0.4 is 5.73 Å². The Bertz CT molecular complexity index is 634. The van der Waals surface area contributed by atoms with E-state index in [0.29, 0.717) is 17.6 Å². The molecule has 1 aliphatic rings. The standard InChI is InChI=1S/C16H20BrN3O/c1-10-4-3-5-16(18,9-10)15-19-14(21-20-15)12-6-11(2)7-13(17)8-12/h6-8,10H,3-5,9,18H2,1-2H3. The lowest BCUT2D eigenvalue weighted by Gasteiger charge is -2.33. The van der Waals surface area contributed by atoms with Gasteiger partial charge in [0.15, 0.2) is 5.82 Å². The van der Waals surface area contributed by atoms with Gasteiger partial charge in [-0.2, -0.15) is 4.98 Å². The highest BCUT2D eigenvalue weighted by molar-refractivity contribution is 9.10. The Hall–Kier alpha value is -1.20. The highest BCUT2D eigenvalue weighted by atomic mass is 79.9. The number of aryl methyl sites for hydroxylation is 1. The minimum Gasteiger partial charge on any atom is -0.334 e. The van der Waals surface area contributed by atoms with E-state index in [1.807, 2.05) is 25.1 Å². The molecule has 4 nitrogen and oxygen atoms in total. The van der Waals surface area contributed by atoms with Crippen LogP contribution in [-0.2, 0) is 5.54 Å². The molecule has 1 aromatic carbocycles. The predicted octanol–water partition coefficient (Wildman–Crippen LogP) is 4.17. The first-order chi connectivity index (χ1) is 9.96. The average Bonchev–Trinajstić information content (AvgIpc) is 2.87. The van der Waals surface area contributed by atoms with Crippen LogP contribution in [0.15, 0.2) is 27.2 Å². The monoisotopic (exact) mass is 349 g/mol. The molecule has 2 unspecified atom stereocenters. The fraction of sp³-hybridized carbons (Fsp3) is 0.500. The van der Waals surface area contributed by atoms with Gasteiger partial charge in [-0.15, -0.1) is 0 Å². The van der Waals surface area contributed by atoms with Crippen molar-refractivity contribution >= 4 is 15.9 Å². The third-order valence-corrected chi connectivity index (χ3v) is 4.65. The summed E-state index contributed by atoms with van der Waals surface area (Å²) < 4.78 is 6.46. The third kappa shape index (κ3) is 3.04. The van der Waals surface area contributed by atoms with Crippen molar-refractivity contribution in [2.75, 3.05) is 0 Å². The summed E-state index contributed by atoms with van der Waals surface area (Å²) in [6.07, 6.45) is 4.20. The third-order valence-electron chi connectivity index (χ3n) is 4.19. The van der Waals surface area contributed by atoms with Gasteiger partial charge in [-0.1, -0.05) is 40.9 Å². The maximum absolute atomic E-state index is 6.53. The Balaban J connectivity index is 1.92. The summed E-state index contributed by atoms with van der Waals surface area (Å²) in [6.45, 7) is 4.28. The summed E-state index contributed by atoms with van der Waals surface area (Å²) in [5.74, 6) is 1.79. The normalized spacial score (nSPS) is 26.0. The zero-order valence-electron chi connectivity index (χ0n) is 12.4. The van der Waals surface area contributed by atoms with Crippen molar-refractivity contribution in [2.45, 2.75) is 45.1 Å². The van der Waals surface area contributed by atoms with E-state index in [2.05, 4.69) is 33.0 Å². The molecule has 5 heteroatoms. The summed E-state index contributed by atoms with van der Waals surface area (Å²) in [6, 6.07) is 6.07. The molecule has 0 spiro atoms. The minimum absolute atomic E-state index is 0.444. The molecule has 1 saturated carbocycles. The first kappa shape index (κ1) is 14.7. The molecular formula is C16H20BrN3O. The van der Waals surface area contributed by atoms with Crippen LogP contribution in [0.3, 0.4) is 0 Å². The number of aromatic nitrogens is 2. The topological polar surface area (TPSA) is 64.9 Å². The molecule has 0 saturated heterocycles. The molecule has 0 bridgehead atoms. The largest absolute Gasteiger partial charge is 0.334 e. The molecule has 1 aromatic heterocycles. The van der Waals surface area contributed by atoms with E-state index >= 15 is 0 Å². The van der Waals surface area contributed by atoms with Crippen molar-refractivity contribution in [3.63, 3.8) is 0 Å². The average molecular weight is 350 g/mol. The van der Waals surface area contributed by atoms with E-state index in [9.17, 15) is 0 Å². The van der Waals surface area contributed by atoms with Gasteiger partial charge in [-0.3, -0.25) is 0 Å². The van der Waals surface area contributed by atoms with E-state index in [0.717, 1.165) is 34.9 Å². The van der Waals surface area contributed by atoms with Crippen molar-refractivity contribution in [1.29, 1.82) is 0 Å². The smallest absolute Gasteiger partial charge is 0.258 e. The van der Waals surface area contributed by atoms with Crippen molar-refractivity contribution < 1.29 is 4.52 Å². The van der Waals surface area contributed by atoms with Crippen LogP contribution in [0.4, 0.5) is 0 Å². The number of hydrogen-bond donors (Lipinski definition) is 1.